The molecule has 0 amide bonds. The van der Waals surface area contributed by atoms with Crippen molar-refractivity contribution in [1.82, 2.24) is 10.0 Å². The summed E-state index contributed by atoms with van der Waals surface area (Å²) in [6, 6.07) is 3.84. The average molecular weight is 314 g/mol. The second-order valence-corrected chi connectivity index (χ2v) is 9.09. The van der Waals surface area contributed by atoms with Gasteiger partial charge < -0.3 is 5.32 Å². The van der Waals surface area contributed by atoms with Crippen molar-refractivity contribution in [2.24, 2.45) is 11.8 Å². The number of hydrogen-bond acceptors (Lipinski definition) is 4. The molecule has 1 aromatic rings. The zero-order valence-corrected chi connectivity index (χ0v) is 13.4. The van der Waals surface area contributed by atoms with Crippen LogP contribution in [0.2, 0.25) is 0 Å². The lowest BCUT2D eigenvalue weighted by molar-refractivity contribution is 0.390. The van der Waals surface area contributed by atoms with Gasteiger partial charge in [-0.1, -0.05) is 6.42 Å². The molecule has 1 heterocycles. The van der Waals surface area contributed by atoms with Crippen LogP contribution >= 0.6 is 11.3 Å². The minimum Gasteiger partial charge on any atom is -0.319 e. The van der Waals surface area contributed by atoms with E-state index in [1.54, 1.807) is 6.07 Å². The molecule has 112 valence electrons. The van der Waals surface area contributed by atoms with E-state index in [1.165, 1.54) is 30.6 Å². The smallest absolute Gasteiger partial charge is 0.250 e. The number of nitrogens with one attached hydrogen (secondary N) is 2. The van der Waals surface area contributed by atoms with Crippen molar-refractivity contribution in [3.05, 3.63) is 17.0 Å². The molecule has 4 nitrogen and oxygen atoms in total. The fourth-order valence-electron chi connectivity index (χ4n) is 3.53. The Labute approximate surface area is 125 Å². The van der Waals surface area contributed by atoms with Crippen molar-refractivity contribution < 1.29 is 8.42 Å². The monoisotopic (exact) mass is 314 g/mol. The third kappa shape index (κ3) is 2.93. The van der Waals surface area contributed by atoms with Gasteiger partial charge in [-0.3, -0.25) is 0 Å². The van der Waals surface area contributed by atoms with Crippen molar-refractivity contribution in [3.63, 3.8) is 0 Å². The Morgan fingerprint density at radius 2 is 2.15 bits per heavy atom. The Kier molecular flexibility index (Phi) is 4.17. The third-order valence-corrected chi connectivity index (χ3v) is 7.69. The average Bonchev–Trinajstić information content (AvgIpc) is 3.11. The van der Waals surface area contributed by atoms with Crippen LogP contribution in [0.3, 0.4) is 0 Å². The molecule has 2 fully saturated rings. The van der Waals surface area contributed by atoms with E-state index in [2.05, 4.69) is 10.0 Å². The predicted octanol–water partition coefficient (Wildman–Crippen LogP) is 1.98. The maximum absolute atomic E-state index is 12.4. The van der Waals surface area contributed by atoms with Crippen LogP contribution in [-0.4, -0.2) is 28.1 Å². The van der Waals surface area contributed by atoms with E-state index in [0.717, 1.165) is 30.2 Å². The molecule has 2 saturated carbocycles. The van der Waals surface area contributed by atoms with Gasteiger partial charge in [-0.2, -0.15) is 0 Å². The number of fused-ring (bicyclic) bond motifs is 2. The molecule has 0 aliphatic heterocycles. The Bertz CT molecular complexity index is 567. The highest BCUT2D eigenvalue weighted by Gasteiger charge is 2.41. The first-order valence-corrected chi connectivity index (χ1v) is 9.64. The number of hydrogen-bond donors (Lipinski definition) is 2. The van der Waals surface area contributed by atoms with Crippen LogP contribution in [0.4, 0.5) is 0 Å². The van der Waals surface area contributed by atoms with Gasteiger partial charge in [0.05, 0.1) is 0 Å². The summed E-state index contributed by atoms with van der Waals surface area (Å²) < 4.78 is 28.3. The van der Waals surface area contributed by atoms with Crippen molar-refractivity contribution in [2.45, 2.75) is 42.4 Å². The molecule has 2 N–H and O–H groups in total. The summed E-state index contributed by atoms with van der Waals surface area (Å²) in [6.07, 6.45) is 5.60. The van der Waals surface area contributed by atoms with E-state index in [4.69, 9.17) is 0 Å². The summed E-state index contributed by atoms with van der Waals surface area (Å²) in [5.74, 6) is 1.32. The van der Waals surface area contributed by atoms with E-state index < -0.39 is 10.0 Å². The lowest BCUT2D eigenvalue weighted by Crippen LogP contribution is -2.38. The quantitative estimate of drug-likeness (QED) is 0.844. The lowest BCUT2D eigenvalue weighted by atomic mass is 9.96. The van der Waals surface area contributed by atoms with Crippen LogP contribution < -0.4 is 10.0 Å². The maximum Gasteiger partial charge on any atom is 0.250 e. The normalized spacial score (nSPS) is 29.1. The first-order chi connectivity index (χ1) is 9.58. The molecule has 2 aliphatic rings. The van der Waals surface area contributed by atoms with Crippen molar-refractivity contribution in [2.75, 3.05) is 13.6 Å². The molecule has 3 atom stereocenters. The molecule has 2 bridgehead atoms. The summed E-state index contributed by atoms with van der Waals surface area (Å²) in [5.41, 5.74) is 0. The molecular formula is C14H22N2O2S2. The number of likely N-dealkylation sites (N-methyl/N-ethyl adjacent to an activating group) is 1. The topological polar surface area (TPSA) is 58.2 Å². The van der Waals surface area contributed by atoms with Gasteiger partial charge in [-0.05, 0) is 63.2 Å². The summed E-state index contributed by atoms with van der Waals surface area (Å²) in [4.78, 5) is 1.12. The molecule has 3 unspecified atom stereocenters. The second-order valence-electron chi connectivity index (χ2n) is 5.98. The predicted molar refractivity (Wildman–Crippen MR) is 81.5 cm³/mol. The number of rotatable bonds is 6. The van der Waals surface area contributed by atoms with E-state index in [0.29, 0.717) is 10.1 Å². The number of sulfonamides is 1. The van der Waals surface area contributed by atoms with Crippen molar-refractivity contribution in [1.29, 1.82) is 0 Å². The summed E-state index contributed by atoms with van der Waals surface area (Å²) in [7, 11) is -1.42. The van der Waals surface area contributed by atoms with E-state index in [1.807, 2.05) is 13.1 Å². The SMILES string of the molecule is CNCCc1ccc(S(=O)(=O)NC2CC3CCC2C3)s1. The van der Waals surface area contributed by atoms with Gasteiger partial charge in [0.15, 0.2) is 0 Å². The Hall–Kier alpha value is -0.430. The van der Waals surface area contributed by atoms with Gasteiger partial charge in [-0.15, -0.1) is 11.3 Å². The minimum atomic E-state index is -3.32. The Morgan fingerprint density at radius 3 is 2.80 bits per heavy atom. The van der Waals surface area contributed by atoms with Crippen LogP contribution in [0.1, 0.15) is 30.6 Å². The summed E-state index contributed by atoms with van der Waals surface area (Å²) in [5, 5.41) is 3.08. The van der Waals surface area contributed by atoms with E-state index in [-0.39, 0.29) is 6.04 Å². The summed E-state index contributed by atoms with van der Waals surface area (Å²) in [6.45, 7) is 0.875. The molecular weight excluding hydrogens is 292 g/mol. The Balaban J connectivity index is 1.67. The highest BCUT2D eigenvalue weighted by molar-refractivity contribution is 7.91. The van der Waals surface area contributed by atoms with Crippen LogP contribution in [0.15, 0.2) is 16.3 Å². The molecule has 2 aliphatic carbocycles. The van der Waals surface area contributed by atoms with Crippen LogP contribution in [0.25, 0.3) is 0 Å². The molecule has 3 rings (SSSR count). The maximum atomic E-state index is 12.4. The van der Waals surface area contributed by atoms with Crippen LogP contribution in [-0.2, 0) is 16.4 Å². The molecule has 1 aromatic heterocycles. The van der Waals surface area contributed by atoms with Crippen molar-refractivity contribution in [3.8, 4) is 0 Å². The first kappa shape index (κ1) is 14.5. The largest absolute Gasteiger partial charge is 0.319 e. The fourth-order valence-corrected chi connectivity index (χ4v) is 6.22. The van der Waals surface area contributed by atoms with Crippen LogP contribution in [0, 0.1) is 11.8 Å². The number of thiophene rings is 1. The first-order valence-electron chi connectivity index (χ1n) is 7.34. The molecule has 0 spiro atoms. The van der Waals surface area contributed by atoms with Gasteiger partial charge in [0.25, 0.3) is 0 Å². The van der Waals surface area contributed by atoms with Gasteiger partial charge in [0, 0.05) is 10.9 Å². The highest BCUT2D eigenvalue weighted by atomic mass is 32.2. The zero-order chi connectivity index (χ0) is 14.2. The van der Waals surface area contributed by atoms with Gasteiger partial charge >= 0.3 is 0 Å². The standard InChI is InChI=1S/C14H22N2O2S2/c1-15-7-6-12-4-5-14(19-12)20(17,18)16-13-9-10-2-3-11(13)8-10/h4-5,10-11,13,15-16H,2-3,6-9H2,1H3. The second kappa shape index (κ2) is 5.75. The molecule has 20 heavy (non-hydrogen) atoms. The molecule has 6 heteroatoms. The van der Waals surface area contributed by atoms with E-state index in [9.17, 15) is 8.42 Å². The minimum absolute atomic E-state index is 0.168. The van der Waals surface area contributed by atoms with Gasteiger partial charge in [0.1, 0.15) is 4.21 Å². The van der Waals surface area contributed by atoms with Crippen LogP contribution in [0.5, 0.6) is 0 Å². The third-order valence-electron chi connectivity index (χ3n) is 4.57. The summed E-state index contributed by atoms with van der Waals surface area (Å²) >= 11 is 1.39. The molecule has 0 saturated heterocycles. The molecule has 0 radical (unpaired) electrons. The zero-order valence-electron chi connectivity index (χ0n) is 11.8. The Morgan fingerprint density at radius 1 is 1.30 bits per heavy atom. The molecule has 0 aromatic carbocycles. The van der Waals surface area contributed by atoms with Gasteiger partial charge in [-0.25, -0.2) is 13.1 Å². The highest BCUT2D eigenvalue weighted by Crippen LogP contribution is 2.44. The van der Waals surface area contributed by atoms with E-state index >= 15 is 0 Å². The van der Waals surface area contributed by atoms with Crippen molar-refractivity contribution >= 4 is 21.4 Å². The van der Waals surface area contributed by atoms with Gasteiger partial charge in [0.2, 0.25) is 10.0 Å². The fraction of sp³-hybridized carbons (Fsp3) is 0.714. The lowest BCUT2D eigenvalue weighted by Gasteiger charge is -2.22.